The number of amidine groups is 1. The van der Waals surface area contributed by atoms with Crippen molar-refractivity contribution in [1.29, 1.82) is 0 Å². The molecule has 1 aromatic heterocycles. The highest BCUT2D eigenvalue weighted by Gasteiger charge is 1.98. The van der Waals surface area contributed by atoms with Crippen molar-refractivity contribution >= 4 is 34.3 Å². The summed E-state index contributed by atoms with van der Waals surface area (Å²) in [5, 5.41) is 0.963. The van der Waals surface area contributed by atoms with Crippen molar-refractivity contribution in [2.24, 2.45) is 10.7 Å². The molecule has 0 fully saturated rings. The highest BCUT2D eigenvalue weighted by atomic mass is 35.5. The number of hydrogen-bond donors (Lipinski definition) is 1. The molecule has 0 atom stereocenters. The Labute approximate surface area is 80.0 Å². The minimum absolute atomic E-state index is 0.454. The van der Waals surface area contributed by atoms with E-state index in [0.29, 0.717) is 16.0 Å². The van der Waals surface area contributed by atoms with Gasteiger partial charge in [0.25, 0.3) is 0 Å². The van der Waals surface area contributed by atoms with Gasteiger partial charge in [0.2, 0.25) is 0 Å². The molecular weight excluding hydrogens is 194 g/mol. The summed E-state index contributed by atoms with van der Waals surface area (Å²) in [5.41, 5.74) is 5.49. The summed E-state index contributed by atoms with van der Waals surface area (Å²) in [6, 6.07) is 3.47. The number of nitrogens with two attached hydrogens (primary N) is 1. The molecule has 0 aliphatic rings. The van der Waals surface area contributed by atoms with Crippen LogP contribution in [0.4, 0.5) is 5.82 Å². The van der Waals surface area contributed by atoms with E-state index in [0.717, 1.165) is 0 Å². The maximum atomic E-state index is 5.79. The Hall–Kier alpha value is -0.740. The van der Waals surface area contributed by atoms with E-state index in [1.807, 2.05) is 6.26 Å². The molecule has 0 bridgehead atoms. The molecule has 5 heteroatoms. The van der Waals surface area contributed by atoms with Crippen LogP contribution >= 0.6 is 23.4 Å². The third-order valence-electron chi connectivity index (χ3n) is 1.16. The van der Waals surface area contributed by atoms with E-state index >= 15 is 0 Å². The first kappa shape index (κ1) is 9.35. The zero-order valence-electron chi connectivity index (χ0n) is 6.49. The standard InChI is InChI=1S/C7H8ClN3S/c1-12-7(9)11-6-5(8)3-2-4-10-6/h2-4H,1H3,(H2,9,10,11). The molecular formula is C7H8ClN3S. The van der Waals surface area contributed by atoms with Gasteiger partial charge in [-0.25, -0.2) is 9.98 Å². The predicted octanol–water partition coefficient (Wildman–Crippen LogP) is 2.04. The Balaban J connectivity index is 2.96. The second kappa shape index (κ2) is 4.33. The fourth-order valence-electron chi connectivity index (χ4n) is 0.610. The molecule has 0 aliphatic carbocycles. The molecule has 2 N–H and O–H groups in total. The fraction of sp³-hybridized carbons (Fsp3) is 0.143. The van der Waals surface area contributed by atoms with Gasteiger partial charge in [-0.1, -0.05) is 23.4 Å². The van der Waals surface area contributed by atoms with Gasteiger partial charge in [-0.3, -0.25) is 0 Å². The fourth-order valence-corrected chi connectivity index (χ4v) is 0.951. The zero-order valence-corrected chi connectivity index (χ0v) is 8.06. The highest BCUT2D eigenvalue weighted by molar-refractivity contribution is 8.13. The van der Waals surface area contributed by atoms with Gasteiger partial charge in [-0.05, 0) is 18.4 Å². The second-order valence-electron chi connectivity index (χ2n) is 1.96. The molecule has 64 valence electrons. The molecule has 0 amide bonds. The Morgan fingerprint density at radius 2 is 2.50 bits per heavy atom. The van der Waals surface area contributed by atoms with Crippen molar-refractivity contribution in [3.05, 3.63) is 23.4 Å². The van der Waals surface area contributed by atoms with E-state index in [-0.39, 0.29) is 0 Å². The van der Waals surface area contributed by atoms with E-state index < -0.39 is 0 Å². The first-order valence-corrected chi connectivity index (χ1v) is 4.83. The molecule has 0 saturated carbocycles. The Bertz CT molecular complexity index is 300. The van der Waals surface area contributed by atoms with Crippen LogP contribution in [-0.4, -0.2) is 16.4 Å². The minimum atomic E-state index is 0.454. The molecule has 1 rings (SSSR count). The topological polar surface area (TPSA) is 51.3 Å². The predicted molar refractivity (Wildman–Crippen MR) is 54.0 cm³/mol. The number of nitrogens with zero attached hydrogens (tertiary/aromatic N) is 2. The lowest BCUT2D eigenvalue weighted by Gasteiger charge is -1.96. The van der Waals surface area contributed by atoms with Gasteiger partial charge in [0.15, 0.2) is 11.0 Å². The number of hydrogen-bond acceptors (Lipinski definition) is 3. The Kier molecular flexibility index (Phi) is 3.37. The van der Waals surface area contributed by atoms with Crippen LogP contribution in [0.3, 0.4) is 0 Å². The average molecular weight is 202 g/mol. The number of aromatic nitrogens is 1. The summed E-state index contributed by atoms with van der Waals surface area (Å²) in [6.45, 7) is 0. The van der Waals surface area contributed by atoms with Crippen molar-refractivity contribution in [2.45, 2.75) is 0 Å². The lowest BCUT2D eigenvalue weighted by Crippen LogP contribution is -2.04. The second-order valence-corrected chi connectivity index (χ2v) is 3.20. The average Bonchev–Trinajstić information content (AvgIpc) is 2.09. The minimum Gasteiger partial charge on any atom is -0.378 e. The van der Waals surface area contributed by atoms with E-state index in [1.54, 1.807) is 18.3 Å². The summed E-state index contributed by atoms with van der Waals surface area (Å²) >= 11 is 7.15. The van der Waals surface area contributed by atoms with Crippen molar-refractivity contribution in [3.63, 3.8) is 0 Å². The van der Waals surface area contributed by atoms with Crippen LogP contribution in [0.2, 0.25) is 5.02 Å². The zero-order chi connectivity index (χ0) is 8.97. The summed E-state index contributed by atoms with van der Waals surface area (Å²) in [5.74, 6) is 0.464. The van der Waals surface area contributed by atoms with E-state index in [4.69, 9.17) is 17.3 Å². The van der Waals surface area contributed by atoms with E-state index in [2.05, 4.69) is 9.98 Å². The van der Waals surface area contributed by atoms with Crippen molar-refractivity contribution < 1.29 is 0 Å². The maximum Gasteiger partial charge on any atom is 0.173 e. The van der Waals surface area contributed by atoms with Gasteiger partial charge in [0.05, 0.1) is 5.02 Å². The normalized spacial score (nSPS) is 11.7. The smallest absolute Gasteiger partial charge is 0.173 e. The van der Waals surface area contributed by atoms with Gasteiger partial charge in [0, 0.05) is 6.20 Å². The molecule has 0 aromatic carbocycles. The molecule has 0 unspecified atom stereocenters. The first-order chi connectivity index (χ1) is 5.74. The number of halogens is 1. The van der Waals surface area contributed by atoms with Crippen molar-refractivity contribution in [1.82, 2.24) is 4.98 Å². The number of thioether (sulfide) groups is 1. The molecule has 1 aromatic rings. The lowest BCUT2D eigenvalue weighted by molar-refractivity contribution is 1.27. The Morgan fingerprint density at radius 3 is 3.08 bits per heavy atom. The van der Waals surface area contributed by atoms with Crippen molar-refractivity contribution in [2.75, 3.05) is 6.26 Å². The monoisotopic (exact) mass is 201 g/mol. The third-order valence-corrected chi connectivity index (χ3v) is 1.97. The van der Waals surface area contributed by atoms with Crippen LogP contribution in [0.25, 0.3) is 0 Å². The number of aliphatic imine (C=N–C) groups is 1. The van der Waals surface area contributed by atoms with Gasteiger partial charge < -0.3 is 5.73 Å². The molecule has 1 heterocycles. The lowest BCUT2D eigenvalue weighted by atomic mass is 10.5. The van der Waals surface area contributed by atoms with Gasteiger partial charge in [0.1, 0.15) is 0 Å². The van der Waals surface area contributed by atoms with Crippen LogP contribution in [0.15, 0.2) is 23.3 Å². The summed E-state index contributed by atoms with van der Waals surface area (Å²) in [6.07, 6.45) is 3.47. The molecule has 0 spiro atoms. The quantitative estimate of drug-likeness (QED) is 0.559. The van der Waals surface area contributed by atoms with Gasteiger partial charge in [-0.2, -0.15) is 0 Å². The highest BCUT2D eigenvalue weighted by Crippen LogP contribution is 2.21. The molecule has 12 heavy (non-hydrogen) atoms. The molecule has 0 saturated heterocycles. The summed E-state index contributed by atoms with van der Waals surface area (Å²) < 4.78 is 0. The van der Waals surface area contributed by atoms with E-state index in [1.165, 1.54) is 11.8 Å². The van der Waals surface area contributed by atoms with Crippen LogP contribution in [0, 0.1) is 0 Å². The van der Waals surface area contributed by atoms with Gasteiger partial charge in [-0.15, -0.1) is 0 Å². The molecule has 3 nitrogen and oxygen atoms in total. The summed E-state index contributed by atoms with van der Waals surface area (Å²) in [7, 11) is 0. The summed E-state index contributed by atoms with van der Waals surface area (Å²) in [4.78, 5) is 7.94. The van der Waals surface area contributed by atoms with E-state index in [9.17, 15) is 0 Å². The largest absolute Gasteiger partial charge is 0.378 e. The number of rotatable bonds is 1. The SMILES string of the molecule is CS/C(N)=N/c1ncccc1Cl. The van der Waals surface area contributed by atoms with Crippen LogP contribution in [-0.2, 0) is 0 Å². The van der Waals surface area contributed by atoms with Crippen molar-refractivity contribution in [3.8, 4) is 0 Å². The molecule has 0 aliphatic heterocycles. The van der Waals surface area contributed by atoms with Gasteiger partial charge >= 0.3 is 0 Å². The number of pyridine rings is 1. The maximum absolute atomic E-state index is 5.79. The Morgan fingerprint density at radius 1 is 1.75 bits per heavy atom. The molecule has 0 radical (unpaired) electrons. The first-order valence-electron chi connectivity index (χ1n) is 3.22. The van der Waals surface area contributed by atoms with Crippen LogP contribution < -0.4 is 5.73 Å². The van der Waals surface area contributed by atoms with Crippen LogP contribution in [0.1, 0.15) is 0 Å². The van der Waals surface area contributed by atoms with Crippen LogP contribution in [0.5, 0.6) is 0 Å². The third kappa shape index (κ3) is 2.39.